The molecule has 0 saturated heterocycles. The van der Waals surface area contributed by atoms with Gasteiger partial charge in [0.1, 0.15) is 16.7 Å². The zero-order chi connectivity index (χ0) is 42.8. The Morgan fingerprint density at radius 3 is 0.712 bits per heavy atom. The zero-order valence-electron chi connectivity index (χ0n) is 34.0. The molecule has 0 radical (unpaired) electrons. The van der Waals surface area contributed by atoms with Crippen molar-refractivity contribution in [3.8, 4) is 69.0 Å². The summed E-state index contributed by atoms with van der Waals surface area (Å²) in [7, 11) is 0. The smallest absolute Gasteiger partial charge is 0.303 e. The van der Waals surface area contributed by atoms with E-state index in [-0.39, 0.29) is 102 Å². The van der Waals surface area contributed by atoms with Crippen LogP contribution in [-0.2, 0) is 21.1 Å². The number of ether oxygens (including phenoxy) is 12. The Balaban J connectivity index is 1.60. The molecule has 59 heavy (non-hydrogen) atoms. The molecular weight excluding hydrogens is 800 g/mol. The average molecular weight is 841 g/mol. The van der Waals surface area contributed by atoms with Gasteiger partial charge in [-0.25, -0.2) is 4.18 Å². The lowest BCUT2D eigenvalue weighted by atomic mass is 9.75. The van der Waals surface area contributed by atoms with Crippen LogP contribution in [-0.4, -0.2) is 62.3 Å². The van der Waals surface area contributed by atoms with Crippen LogP contribution in [0.4, 0.5) is 0 Å². The topological polar surface area (TPSA) is 208 Å². The van der Waals surface area contributed by atoms with Crippen LogP contribution in [0.1, 0.15) is 131 Å². The van der Waals surface area contributed by atoms with Gasteiger partial charge in [-0.05, 0) is 0 Å². The maximum Gasteiger partial charge on any atom is 0.303 e. The lowest BCUT2D eigenvalue weighted by Gasteiger charge is -2.37. The molecular formula is C40H40O18S. The first-order valence-electron chi connectivity index (χ1n) is 18.4. The van der Waals surface area contributed by atoms with Gasteiger partial charge in [0.25, 0.3) is 0 Å². The summed E-state index contributed by atoms with van der Waals surface area (Å²) in [5.41, 5.74) is -4.03. The fraction of sp³-hybridized carbons (Fsp3) is 0.475. The zero-order valence-corrected chi connectivity index (χ0v) is 34.8. The normalized spacial score (nSPS) is 21.6. The molecule has 1 unspecified atom stereocenters. The minimum atomic E-state index is -3.34. The molecule has 3 aromatic carbocycles. The van der Waals surface area contributed by atoms with E-state index in [0.29, 0.717) is 18.9 Å². The highest BCUT2D eigenvalue weighted by Crippen LogP contribution is 2.72. The Bertz CT molecular complexity index is 2100. The van der Waals surface area contributed by atoms with E-state index in [1.165, 1.54) is 0 Å². The average Bonchev–Trinajstić information content (AvgIpc) is 3.89. The standard InChI is InChI=1S/C40H40O18S/c1-34(2)46-22-16(13-41)23-29(53-35(3,4)47-23)19(28(22)52-34)40(58-59(44)45,20-30-24(48-36(5,6)54-30)17(14-42)25-31(20)55-37(7,8)49-25)21-32-26(50-38(9,10)56-32)18(15-43)27-33(21)57-39(11,12)51-27/h13-15H,1-12H3,(H,44,45). The van der Waals surface area contributed by atoms with Crippen LogP contribution in [0.15, 0.2) is 0 Å². The quantitative estimate of drug-likeness (QED) is 0.144. The molecule has 0 bridgehead atoms. The van der Waals surface area contributed by atoms with Crippen LogP contribution in [0.2, 0.25) is 0 Å². The number of hydrogen-bond acceptors (Lipinski definition) is 17. The molecule has 18 nitrogen and oxygen atoms in total. The second-order valence-electron chi connectivity index (χ2n) is 17.3. The van der Waals surface area contributed by atoms with E-state index in [1.807, 2.05) is 0 Å². The Morgan fingerprint density at radius 1 is 0.390 bits per heavy atom. The largest absolute Gasteiger partial charge is 0.448 e. The molecule has 314 valence electrons. The Morgan fingerprint density at radius 2 is 0.559 bits per heavy atom. The SMILES string of the molecule is CC1(C)Oc2c(C=O)c3c(c(C(OS(=O)O)(c4c5c(c(C=O)c6c4OC(C)(C)O6)OC(C)(C)O5)c4c5c(c(C=O)c6c4OC(C)(C)O6)OC(C)(C)O5)c2O1)OC(C)(C)O3. The number of carbonyl (C=O) groups excluding carboxylic acids is 3. The first-order chi connectivity index (χ1) is 27.3. The Labute approximate surface area is 339 Å². The predicted octanol–water partition coefficient (Wildman–Crippen LogP) is 6.61. The van der Waals surface area contributed by atoms with Crippen LogP contribution in [0, 0.1) is 0 Å². The maximum absolute atomic E-state index is 14.0. The first-order valence-corrected chi connectivity index (χ1v) is 19.5. The number of aldehydes is 3. The van der Waals surface area contributed by atoms with Crippen molar-refractivity contribution in [1.29, 1.82) is 0 Å². The molecule has 6 aliphatic rings. The highest BCUT2D eigenvalue weighted by molar-refractivity contribution is 7.74. The second-order valence-corrected chi connectivity index (χ2v) is 17.9. The van der Waals surface area contributed by atoms with Crippen LogP contribution < -0.4 is 56.8 Å². The predicted molar refractivity (Wildman–Crippen MR) is 199 cm³/mol. The van der Waals surface area contributed by atoms with Crippen molar-refractivity contribution in [3.05, 3.63) is 33.4 Å². The number of hydrogen-bond donors (Lipinski definition) is 1. The van der Waals surface area contributed by atoms with Gasteiger partial charge in [0, 0.05) is 83.1 Å². The molecule has 6 heterocycles. The van der Waals surface area contributed by atoms with Gasteiger partial charge in [0.05, 0.1) is 16.7 Å². The Kier molecular flexibility index (Phi) is 7.60. The van der Waals surface area contributed by atoms with Crippen molar-refractivity contribution in [2.24, 2.45) is 0 Å². The molecule has 9 rings (SSSR count). The van der Waals surface area contributed by atoms with E-state index < -0.39 is 51.7 Å². The molecule has 1 atom stereocenters. The molecule has 0 aromatic heterocycles. The Hall–Kier alpha value is -5.66. The van der Waals surface area contributed by atoms with E-state index in [1.54, 1.807) is 83.1 Å². The van der Waals surface area contributed by atoms with Gasteiger partial charge in [-0.2, -0.15) is 4.21 Å². The fourth-order valence-corrected chi connectivity index (χ4v) is 8.65. The van der Waals surface area contributed by atoms with Crippen molar-refractivity contribution in [1.82, 2.24) is 0 Å². The van der Waals surface area contributed by atoms with E-state index >= 15 is 0 Å². The van der Waals surface area contributed by atoms with Crippen molar-refractivity contribution < 1.29 is 84.2 Å². The van der Waals surface area contributed by atoms with Gasteiger partial charge in [-0.3, -0.25) is 18.9 Å². The summed E-state index contributed by atoms with van der Waals surface area (Å²) in [4.78, 5) is 39.2. The summed E-state index contributed by atoms with van der Waals surface area (Å²) in [6.45, 7) is 18.8. The van der Waals surface area contributed by atoms with Gasteiger partial charge < -0.3 is 56.8 Å². The molecule has 1 N–H and O–H groups in total. The molecule has 0 saturated carbocycles. The summed E-state index contributed by atoms with van der Waals surface area (Å²) in [5, 5.41) is 0. The van der Waals surface area contributed by atoms with Gasteiger partial charge >= 0.3 is 11.4 Å². The first kappa shape index (κ1) is 38.8. The summed E-state index contributed by atoms with van der Waals surface area (Å²) >= 11 is -3.34. The molecule has 19 heteroatoms. The third-order valence-corrected chi connectivity index (χ3v) is 10.2. The number of carbonyl (C=O) groups is 3. The summed E-state index contributed by atoms with van der Waals surface area (Å²) in [6.07, 6.45) is 1.47. The number of benzene rings is 3. The molecule has 0 aliphatic carbocycles. The van der Waals surface area contributed by atoms with Gasteiger partial charge in [-0.1, -0.05) is 0 Å². The van der Waals surface area contributed by atoms with Crippen LogP contribution in [0.5, 0.6) is 69.0 Å². The highest BCUT2D eigenvalue weighted by atomic mass is 32.2. The van der Waals surface area contributed by atoms with Gasteiger partial charge in [-0.15, -0.1) is 0 Å². The second kappa shape index (κ2) is 11.5. The van der Waals surface area contributed by atoms with Crippen LogP contribution >= 0.6 is 0 Å². The van der Waals surface area contributed by atoms with E-state index in [4.69, 9.17) is 61.0 Å². The van der Waals surface area contributed by atoms with Crippen molar-refractivity contribution in [2.45, 2.75) is 123 Å². The van der Waals surface area contributed by atoms with Crippen molar-refractivity contribution in [3.63, 3.8) is 0 Å². The third-order valence-electron chi connectivity index (χ3n) is 9.85. The maximum atomic E-state index is 14.0. The molecule has 6 aliphatic heterocycles. The molecule has 0 amide bonds. The molecule has 0 spiro atoms. The van der Waals surface area contributed by atoms with Gasteiger partial charge in [0.15, 0.2) is 93.5 Å². The van der Waals surface area contributed by atoms with E-state index in [0.717, 1.165) is 0 Å². The highest BCUT2D eigenvalue weighted by Gasteiger charge is 2.64. The minimum Gasteiger partial charge on any atom is -0.448 e. The molecule has 3 aromatic rings. The number of rotatable bonds is 8. The van der Waals surface area contributed by atoms with Crippen LogP contribution in [0.3, 0.4) is 0 Å². The summed E-state index contributed by atoms with van der Waals surface area (Å²) in [6, 6.07) is 0. The minimum absolute atomic E-state index is 0.129. The molecule has 0 fully saturated rings. The van der Waals surface area contributed by atoms with Crippen LogP contribution in [0.25, 0.3) is 0 Å². The number of fused-ring (bicyclic) bond motifs is 6. The van der Waals surface area contributed by atoms with E-state index in [2.05, 4.69) is 0 Å². The van der Waals surface area contributed by atoms with Crippen molar-refractivity contribution >= 4 is 30.2 Å². The van der Waals surface area contributed by atoms with E-state index in [9.17, 15) is 23.1 Å². The third kappa shape index (κ3) is 5.50. The summed E-state index contributed by atoms with van der Waals surface area (Å²) in [5.74, 6) is -11.5. The lowest BCUT2D eigenvalue weighted by molar-refractivity contribution is -0.0529. The van der Waals surface area contributed by atoms with Crippen molar-refractivity contribution in [2.75, 3.05) is 0 Å². The van der Waals surface area contributed by atoms with Gasteiger partial charge in [0.2, 0.25) is 34.7 Å². The lowest BCUT2D eigenvalue weighted by Crippen LogP contribution is -2.39. The summed E-state index contributed by atoms with van der Waals surface area (Å²) < 4.78 is 109. The monoisotopic (exact) mass is 840 g/mol. The fourth-order valence-electron chi connectivity index (χ4n) is 8.19.